The highest BCUT2D eigenvalue weighted by molar-refractivity contribution is 5.83. The molecule has 3 aromatic carbocycles. The van der Waals surface area contributed by atoms with Gasteiger partial charge < -0.3 is 25.9 Å². The van der Waals surface area contributed by atoms with E-state index in [0.717, 1.165) is 46.2 Å². The second kappa shape index (κ2) is 12.2. The smallest absolute Gasteiger partial charge is 0.303 e. The van der Waals surface area contributed by atoms with Crippen LogP contribution in [0.5, 0.6) is 5.75 Å². The normalized spacial score (nSPS) is 12.9. The lowest BCUT2D eigenvalue weighted by molar-refractivity contribution is -0.137. The maximum atomic E-state index is 11.3. The van der Waals surface area contributed by atoms with Crippen molar-refractivity contribution in [3.63, 3.8) is 0 Å². The Morgan fingerprint density at radius 3 is 2.51 bits per heavy atom. The first-order valence-corrected chi connectivity index (χ1v) is 12.1. The Kier molecular flexibility index (Phi) is 8.54. The number of ether oxygens (including phenoxy) is 1. The first-order valence-electron chi connectivity index (χ1n) is 12.1. The number of rotatable bonds is 13. The van der Waals surface area contributed by atoms with Gasteiger partial charge in [-0.05, 0) is 48.1 Å². The maximum Gasteiger partial charge on any atom is 0.303 e. The zero-order valence-corrected chi connectivity index (χ0v) is 19.8. The summed E-state index contributed by atoms with van der Waals surface area (Å²) in [5, 5.41) is 14.1. The van der Waals surface area contributed by atoms with Gasteiger partial charge in [0.15, 0.2) is 0 Å². The fourth-order valence-electron chi connectivity index (χ4n) is 4.45. The number of benzene rings is 3. The van der Waals surface area contributed by atoms with Gasteiger partial charge in [0.1, 0.15) is 12.4 Å². The van der Waals surface area contributed by atoms with Crippen LogP contribution in [0.2, 0.25) is 0 Å². The maximum absolute atomic E-state index is 11.3. The van der Waals surface area contributed by atoms with Crippen LogP contribution < -0.4 is 15.8 Å². The van der Waals surface area contributed by atoms with Crippen molar-refractivity contribution in [3.8, 4) is 5.75 Å². The number of hydrogen-bond acceptors (Lipinski definition) is 4. The van der Waals surface area contributed by atoms with Gasteiger partial charge in [-0.2, -0.15) is 0 Å². The number of H-pyrrole nitrogens is 1. The number of carboxylic acid groups (broad SMARTS) is 1. The SMILES string of the molecule is NCC(CCc1ccccc1OCc1ccccc1)N[C@@H](CCC(=O)O)c1c[nH]c2ccccc12. The third kappa shape index (κ3) is 6.72. The van der Waals surface area contributed by atoms with Crippen molar-refractivity contribution in [3.05, 3.63) is 102 Å². The fourth-order valence-corrected chi connectivity index (χ4v) is 4.45. The number of aryl methyl sites for hydroxylation is 1. The van der Waals surface area contributed by atoms with Crippen molar-refractivity contribution in [2.45, 2.75) is 44.4 Å². The van der Waals surface area contributed by atoms with Gasteiger partial charge in [0, 0.05) is 42.1 Å². The molecule has 6 nitrogen and oxygen atoms in total. The fraction of sp³-hybridized carbons (Fsp3) is 0.276. The number of carboxylic acids is 1. The summed E-state index contributed by atoms with van der Waals surface area (Å²) in [7, 11) is 0. The van der Waals surface area contributed by atoms with Crippen molar-refractivity contribution in [1.82, 2.24) is 10.3 Å². The quantitative estimate of drug-likeness (QED) is 0.215. The van der Waals surface area contributed by atoms with Gasteiger partial charge in [0.2, 0.25) is 0 Å². The summed E-state index contributed by atoms with van der Waals surface area (Å²) in [6.07, 6.45) is 4.17. The minimum absolute atomic E-state index is 0.0321. The Balaban J connectivity index is 1.44. The van der Waals surface area contributed by atoms with E-state index in [1.165, 1.54) is 0 Å². The number of para-hydroxylation sites is 2. The van der Waals surface area contributed by atoms with E-state index in [1.54, 1.807) is 0 Å². The van der Waals surface area contributed by atoms with Crippen LogP contribution in [0.4, 0.5) is 0 Å². The van der Waals surface area contributed by atoms with Crippen molar-refractivity contribution in [2.75, 3.05) is 6.54 Å². The number of aliphatic carboxylic acids is 1. The summed E-state index contributed by atoms with van der Waals surface area (Å²) in [4.78, 5) is 14.6. The van der Waals surface area contributed by atoms with Crippen LogP contribution in [0.3, 0.4) is 0 Å². The van der Waals surface area contributed by atoms with Crippen LogP contribution in [0, 0.1) is 0 Å². The van der Waals surface area contributed by atoms with E-state index in [-0.39, 0.29) is 18.5 Å². The Hall–Kier alpha value is -3.61. The molecule has 0 saturated carbocycles. The van der Waals surface area contributed by atoms with Crippen LogP contribution in [0.1, 0.15) is 42.0 Å². The lowest BCUT2D eigenvalue weighted by Gasteiger charge is -2.25. The van der Waals surface area contributed by atoms with Crippen molar-refractivity contribution in [1.29, 1.82) is 0 Å². The largest absolute Gasteiger partial charge is 0.489 e. The molecule has 0 aliphatic carbocycles. The summed E-state index contributed by atoms with van der Waals surface area (Å²) in [5.41, 5.74) is 10.5. The number of aromatic amines is 1. The molecule has 6 heteroatoms. The summed E-state index contributed by atoms with van der Waals surface area (Å²) in [6, 6.07) is 26.2. The van der Waals surface area contributed by atoms with Crippen LogP contribution in [-0.4, -0.2) is 28.6 Å². The van der Waals surface area contributed by atoms with E-state index in [2.05, 4.69) is 34.6 Å². The number of nitrogens with one attached hydrogen (secondary N) is 2. The Morgan fingerprint density at radius 1 is 0.971 bits per heavy atom. The average Bonchev–Trinajstić information content (AvgIpc) is 3.32. The molecule has 0 aliphatic heterocycles. The molecule has 5 N–H and O–H groups in total. The molecule has 0 saturated heterocycles. The lowest BCUT2D eigenvalue weighted by Crippen LogP contribution is -2.39. The highest BCUT2D eigenvalue weighted by Crippen LogP contribution is 2.28. The van der Waals surface area contributed by atoms with Crippen LogP contribution in [0.25, 0.3) is 10.9 Å². The summed E-state index contributed by atoms with van der Waals surface area (Å²) < 4.78 is 6.12. The molecule has 0 radical (unpaired) electrons. The van der Waals surface area contributed by atoms with E-state index in [9.17, 15) is 9.90 Å². The zero-order chi connectivity index (χ0) is 24.5. The summed E-state index contributed by atoms with van der Waals surface area (Å²) in [5.74, 6) is 0.0802. The predicted molar refractivity (Wildman–Crippen MR) is 139 cm³/mol. The molecular weight excluding hydrogens is 438 g/mol. The Morgan fingerprint density at radius 2 is 1.71 bits per heavy atom. The minimum Gasteiger partial charge on any atom is -0.489 e. The van der Waals surface area contributed by atoms with Crippen LogP contribution in [0.15, 0.2) is 85.1 Å². The highest BCUT2D eigenvalue weighted by Gasteiger charge is 2.21. The van der Waals surface area contributed by atoms with Crippen molar-refractivity contribution in [2.24, 2.45) is 5.73 Å². The molecule has 182 valence electrons. The van der Waals surface area contributed by atoms with E-state index in [1.807, 2.05) is 60.8 Å². The molecule has 1 heterocycles. The Labute approximate surface area is 206 Å². The number of hydrogen-bond donors (Lipinski definition) is 4. The van der Waals surface area contributed by atoms with Gasteiger partial charge in [0.25, 0.3) is 0 Å². The molecular formula is C29H33N3O3. The molecule has 0 amide bonds. The molecule has 35 heavy (non-hydrogen) atoms. The molecule has 4 aromatic rings. The van der Waals surface area contributed by atoms with Gasteiger partial charge in [-0.15, -0.1) is 0 Å². The predicted octanol–water partition coefficient (Wildman–Crippen LogP) is 5.20. The van der Waals surface area contributed by atoms with E-state index >= 15 is 0 Å². The van der Waals surface area contributed by atoms with E-state index < -0.39 is 5.97 Å². The highest BCUT2D eigenvalue weighted by atomic mass is 16.5. The standard InChI is InChI=1S/C29H33N3O3/c30-18-23(15-14-22-10-4-7-13-28(22)35-20-21-8-2-1-3-9-21)32-27(16-17-29(33)34)25-19-31-26-12-6-5-11-24(25)26/h1-13,19,23,27,31-32H,14-18,20,30H2,(H,33,34)/t23?,27-/m0/s1. The Bertz CT molecular complexity index is 1220. The average molecular weight is 472 g/mol. The first-order chi connectivity index (χ1) is 17.1. The lowest BCUT2D eigenvalue weighted by atomic mass is 9.98. The number of fused-ring (bicyclic) bond motifs is 1. The van der Waals surface area contributed by atoms with Gasteiger partial charge in [-0.1, -0.05) is 66.7 Å². The molecule has 0 aliphatic rings. The zero-order valence-electron chi connectivity index (χ0n) is 19.8. The molecule has 4 rings (SSSR count). The van der Waals surface area contributed by atoms with Crippen molar-refractivity contribution >= 4 is 16.9 Å². The third-order valence-electron chi connectivity index (χ3n) is 6.34. The van der Waals surface area contributed by atoms with E-state index in [4.69, 9.17) is 10.5 Å². The molecule has 0 spiro atoms. The molecule has 0 fully saturated rings. The van der Waals surface area contributed by atoms with Gasteiger partial charge in [0.05, 0.1) is 0 Å². The van der Waals surface area contributed by atoms with Gasteiger partial charge >= 0.3 is 5.97 Å². The second-order valence-corrected chi connectivity index (χ2v) is 8.79. The van der Waals surface area contributed by atoms with Crippen molar-refractivity contribution < 1.29 is 14.6 Å². The van der Waals surface area contributed by atoms with E-state index in [0.29, 0.717) is 19.6 Å². The number of carbonyl (C=O) groups is 1. The third-order valence-corrected chi connectivity index (χ3v) is 6.34. The van der Waals surface area contributed by atoms with Crippen LogP contribution in [-0.2, 0) is 17.8 Å². The summed E-state index contributed by atoms with van der Waals surface area (Å²) >= 11 is 0. The second-order valence-electron chi connectivity index (χ2n) is 8.79. The number of nitrogens with two attached hydrogens (primary N) is 1. The molecule has 2 atom stereocenters. The molecule has 1 unspecified atom stereocenters. The molecule has 1 aromatic heterocycles. The molecule has 0 bridgehead atoms. The first kappa shape index (κ1) is 24.5. The summed E-state index contributed by atoms with van der Waals surface area (Å²) in [6.45, 7) is 0.979. The monoisotopic (exact) mass is 471 g/mol. The minimum atomic E-state index is -0.801. The van der Waals surface area contributed by atoms with Gasteiger partial charge in [-0.3, -0.25) is 4.79 Å². The van der Waals surface area contributed by atoms with Crippen LogP contribution >= 0.6 is 0 Å². The van der Waals surface area contributed by atoms with Gasteiger partial charge in [-0.25, -0.2) is 0 Å². The number of aromatic nitrogens is 1. The topological polar surface area (TPSA) is 100 Å².